The molecule has 0 aromatic heterocycles. The molecule has 0 unspecified atom stereocenters. The summed E-state index contributed by atoms with van der Waals surface area (Å²) >= 11 is 0. The van der Waals surface area contributed by atoms with Crippen LogP contribution >= 0.6 is 0 Å². The number of carbonyl (C=O) groups is 4. The summed E-state index contributed by atoms with van der Waals surface area (Å²) in [5, 5.41) is 16.9. The fraction of sp³-hybridized carbons (Fsp3) is 0.360. The standard InChI is InChI=1S/C25H31N3O7/c1-3-7-20(28-25(33)35-16-18-8-5-4-6-9-18)23(31)26-15-22(30)27-21(24(32)34-2)14-17-10-12-19(29)13-11-17/h4-6,8-13,20-21,29H,3,7,14-16H2,1-2H3,(H,26,31)(H,27,30)(H,28,33)/t20-,21-/m1/s1. The van der Waals surface area contributed by atoms with Crippen LogP contribution in [-0.4, -0.2) is 54.7 Å². The van der Waals surface area contributed by atoms with Gasteiger partial charge in [-0.25, -0.2) is 9.59 Å². The highest BCUT2D eigenvalue weighted by Gasteiger charge is 2.24. The van der Waals surface area contributed by atoms with E-state index in [0.29, 0.717) is 18.4 Å². The van der Waals surface area contributed by atoms with E-state index in [1.54, 1.807) is 12.1 Å². The van der Waals surface area contributed by atoms with Gasteiger partial charge in [0.15, 0.2) is 0 Å². The molecule has 0 aliphatic carbocycles. The summed E-state index contributed by atoms with van der Waals surface area (Å²) < 4.78 is 9.91. The number of ether oxygens (including phenoxy) is 2. The number of phenolic OH excluding ortho intramolecular Hbond substituents is 1. The minimum absolute atomic E-state index is 0.0610. The van der Waals surface area contributed by atoms with E-state index in [1.165, 1.54) is 19.2 Å². The van der Waals surface area contributed by atoms with E-state index in [-0.39, 0.29) is 18.8 Å². The summed E-state index contributed by atoms with van der Waals surface area (Å²) in [4.78, 5) is 49.2. The molecule has 0 heterocycles. The van der Waals surface area contributed by atoms with E-state index in [9.17, 15) is 24.3 Å². The van der Waals surface area contributed by atoms with Gasteiger partial charge in [0, 0.05) is 6.42 Å². The molecule has 0 radical (unpaired) electrons. The van der Waals surface area contributed by atoms with Crippen molar-refractivity contribution in [2.24, 2.45) is 0 Å². The Bertz CT molecular complexity index is 980. The van der Waals surface area contributed by atoms with Gasteiger partial charge in [0.05, 0.1) is 13.7 Å². The summed E-state index contributed by atoms with van der Waals surface area (Å²) in [6.07, 6.45) is 0.353. The minimum Gasteiger partial charge on any atom is -0.508 e. The van der Waals surface area contributed by atoms with Crippen LogP contribution in [0.5, 0.6) is 5.75 Å². The van der Waals surface area contributed by atoms with Crippen molar-refractivity contribution in [2.75, 3.05) is 13.7 Å². The van der Waals surface area contributed by atoms with E-state index < -0.39 is 42.5 Å². The molecule has 2 atom stereocenters. The summed E-state index contributed by atoms with van der Waals surface area (Å²) in [6.45, 7) is 1.52. The zero-order chi connectivity index (χ0) is 25.6. The fourth-order valence-electron chi connectivity index (χ4n) is 3.20. The van der Waals surface area contributed by atoms with Gasteiger partial charge in [-0.1, -0.05) is 55.8 Å². The molecule has 3 amide bonds. The monoisotopic (exact) mass is 485 g/mol. The molecule has 4 N–H and O–H groups in total. The van der Waals surface area contributed by atoms with Crippen LogP contribution in [0.25, 0.3) is 0 Å². The maximum Gasteiger partial charge on any atom is 0.408 e. The van der Waals surface area contributed by atoms with Crippen LogP contribution in [0.2, 0.25) is 0 Å². The first kappa shape index (κ1) is 27.2. The zero-order valence-electron chi connectivity index (χ0n) is 19.8. The zero-order valence-corrected chi connectivity index (χ0v) is 19.8. The number of phenols is 1. The summed E-state index contributed by atoms with van der Waals surface area (Å²) in [6, 6.07) is 13.4. The molecule has 10 nitrogen and oxygen atoms in total. The number of amides is 3. The second kappa shape index (κ2) is 14.2. The van der Waals surface area contributed by atoms with Crippen molar-refractivity contribution >= 4 is 23.9 Å². The third-order valence-corrected chi connectivity index (χ3v) is 5.02. The highest BCUT2D eigenvalue weighted by molar-refractivity contribution is 5.91. The van der Waals surface area contributed by atoms with Gasteiger partial charge in [-0.15, -0.1) is 0 Å². The number of benzene rings is 2. The number of hydrogen-bond donors (Lipinski definition) is 4. The smallest absolute Gasteiger partial charge is 0.408 e. The molecule has 0 fully saturated rings. The Balaban J connectivity index is 1.86. The van der Waals surface area contributed by atoms with E-state index in [4.69, 9.17) is 9.47 Å². The van der Waals surface area contributed by atoms with E-state index in [0.717, 1.165) is 5.56 Å². The third-order valence-electron chi connectivity index (χ3n) is 5.02. The molecule has 10 heteroatoms. The van der Waals surface area contributed by atoms with Crippen molar-refractivity contribution < 1.29 is 33.8 Å². The molecule has 0 aliphatic rings. The Morgan fingerprint density at radius 1 is 0.914 bits per heavy atom. The molecular formula is C25H31N3O7. The maximum atomic E-state index is 12.6. The molecule has 188 valence electrons. The first-order valence-electron chi connectivity index (χ1n) is 11.2. The number of methoxy groups -OCH3 is 1. The number of hydrogen-bond acceptors (Lipinski definition) is 7. The van der Waals surface area contributed by atoms with Gasteiger partial charge in [0.25, 0.3) is 0 Å². The molecule has 2 aromatic rings. The van der Waals surface area contributed by atoms with Crippen molar-refractivity contribution in [3.8, 4) is 5.75 Å². The lowest BCUT2D eigenvalue weighted by molar-refractivity contribution is -0.145. The fourth-order valence-corrected chi connectivity index (χ4v) is 3.20. The van der Waals surface area contributed by atoms with E-state index in [1.807, 2.05) is 37.3 Å². The number of esters is 1. The largest absolute Gasteiger partial charge is 0.508 e. The molecule has 0 aliphatic heterocycles. The quantitative estimate of drug-likeness (QED) is 0.336. The van der Waals surface area contributed by atoms with Crippen molar-refractivity contribution in [3.05, 3.63) is 65.7 Å². The predicted octanol–water partition coefficient (Wildman–Crippen LogP) is 1.80. The van der Waals surface area contributed by atoms with Gasteiger partial charge < -0.3 is 30.5 Å². The van der Waals surface area contributed by atoms with Crippen molar-refractivity contribution in [3.63, 3.8) is 0 Å². The minimum atomic E-state index is -0.980. The molecular weight excluding hydrogens is 454 g/mol. The lowest BCUT2D eigenvalue weighted by Crippen LogP contribution is -2.51. The number of rotatable bonds is 12. The van der Waals surface area contributed by atoms with Gasteiger partial charge in [-0.2, -0.15) is 0 Å². The van der Waals surface area contributed by atoms with Crippen LogP contribution in [0.1, 0.15) is 30.9 Å². The molecule has 0 bridgehead atoms. The van der Waals surface area contributed by atoms with Crippen molar-refractivity contribution in [2.45, 2.75) is 44.9 Å². The lowest BCUT2D eigenvalue weighted by Gasteiger charge is -2.19. The first-order chi connectivity index (χ1) is 16.8. The molecule has 2 rings (SSSR count). The molecule has 0 spiro atoms. The highest BCUT2D eigenvalue weighted by atomic mass is 16.5. The summed E-state index contributed by atoms with van der Waals surface area (Å²) in [5.74, 6) is -1.72. The number of aromatic hydroxyl groups is 1. The van der Waals surface area contributed by atoms with Crippen LogP contribution < -0.4 is 16.0 Å². The summed E-state index contributed by atoms with van der Waals surface area (Å²) in [5.41, 5.74) is 1.51. The van der Waals surface area contributed by atoms with Crippen LogP contribution in [0, 0.1) is 0 Å². The van der Waals surface area contributed by atoms with E-state index >= 15 is 0 Å². The topological polar surface area (TPSA) is 143 Å². The number of carbonyl (C=O) groups excluding carboxylic acids is 4. The SMILES string of the molecule is CCC[C@@H](NC(=O)OCc1ccccc1)C(=O)NCC(=O)N[C@H](Cc1ccc(O)cc1)C(=O)OC. The first-order valence-corrected chi connectivity index (χ1v) is 11.2. The maximum absolute atomic E-state index is 12.6. The Labute approximate surface area is 204 Å². The van der Waals surface area contributed by atoms with Crippen LogP contribution in [0.15, 0.2) is 54.6 Å². The van der Waals surface area contributed by atoms with E-state index in [2.05, 4.69) is 16.0 Å². The summed E-state index contributed by atoms with van der Waals surface area (Å²) in [7, 11) is 1.21. The average molecular weight is 486 g/mol. The lowest BCUT2D eigenvalue weighted by atomic mass is 10.1. The number of nitrogens with one attached hydrogen (secondary N) is 3. The van der Waals surface area contributed by atoms with Crippen LogP contribution in [0.4, 0.5) is 4.79 Å². The molecule has 0 saturated carbocycles. The van der Waals surface area contributed by atoms with Crippen LogP contribution in [0.3, 0.4) is 0 Å². The van der Waals surface area contributed by atoms with Crippen LogP contribution in [-0.2, 0) is 36.9 Å². The molecule has 2 aromatic carbocycles. The van der Waals surface area contributed by atoms with Crippen molar-refractivity contribution in [1.29, 1.82) is 0 Å². The Hall–Kier alpha value is -4.08. The van der Waals surface area contributed by atoms with Gasteiger partial charge >= 0.3 is 12.1 Å². The molecule has 35 heavy (non-hydrogen) atoms. The van der Waals surface area contributed by atoms with Gasteiger partial charge in [-0.3, -0.25) is 9.59 Å². The second-order valence-corrected chi connectivity index (χ2v) is 7.78. The number of alkyl carbamates (subject to hydrolysis) is 1. The Morgan fingerprint density at radius 3 is 2.23 bits per heavy atom. The second-order valence-electron chi connectivity index (χ2n) is 7.78. The third kappa shape index (κ3) is 9.75. The Morgan fingerprint density at radius 2 is 1.60 bits per heavy atom. The molecule has 0 saturated heterocycles. The van der Waals surface area contributed by atoms with Gasteiger partial charge in [-0.05, 0) is 29.7 Å². The van der Waals surface area contributed by atoms with Gasteiger partial charge in [0.1, 0.15) is 24.4 Å². The average Bonchev–Trinajstić information content (AvgIpc) is 2.86. The van der Waals surface area contributed by atoms with Gasteiger partial charge in [0.2, 0.25) is 11.8 Å². The van der Waals surface area contributed by atoms with Crippen molar-refractivity contribution in [1.82, 2.24) is 16.0 Å². The normalized spacial score (nSPS) is 12.1. The highest BCUT2D eigenvalue weighted by Crippen LogP contribution is 2.12. The predicted molar refractivity (Wildman–Crippen MR) is 127 cm³/mol. The Kier molecular flexibility index (Phi) is 11.1.